The number of hydrogen-bond donors (Lipinski definition) is 3. The van der Waals surface area contributed by atoms with E-state index in [2.05, 4.69) is 10.3 Å². The maximum Gasteiger partial charge on any atom is 0.338 e. The van der Waals surface area contributed by atoms with Gasteiger partial charge in [0.25, 0.3) is 0 Å². The first kappa shape index (κ1) is 16.6. The molecule has 0 aliphatic heterocycles. The Morgan fingerprint density at radius 1 is 1.39 bits per heavy atom. The Hall–Kier alpha value is -2.73. The zero-order chi connectivity index (χ0) is 17.0. The Labute approximate surface area is 134 Å². The van der Waals surface area contributed by atoms with Crippen LogP contribution < -0.4 is 5.32 Å². The highest BCUT2D eigenvalue weighted by Gasteiger charge is 2.17. The van der Waals surface area contributed by atoms with E-state index in [1.807, 2.05) is 0 Å². The first-order chi connectivity index (χ1) is 10.9. The van der Waals surface area contributed by atoms with Crippen molar-refractivity contribution in [3.8, 4) is 0 Å². The molecule has 23 heavy (non-hydrogen) atoms. The first-order valence-corrected chi connectivity index (χ1v) is 7.03. The number of aliphatic hydroxyl groups is 1. The number of carbonyl (C=O) groups is 1. The second-order valence-corrected chi connectivity index (χ2v) is 5.55. The van der Waals surface area contributed by atoms with Crippen LogP contribution in [0.1, 0.15) is 35.3 Å². The Morgan fingerprint density at radius 2 is 2.13 bits per heavy atom. The summed E-state index contributed by atoms with van der Waals surface area (Å²) < 4.78 is 4.73. The lowest BCUT2D eigenvalue weighted by atomic mass is 10.00. The summed E-state index contributed by atoms with van der Waals surface area (Å²) in [7, 11) is 1.30. The summed E-state index contributed by atoms with van der Waals surface area (Å²) >= 11 is 0. The van der Waals surface area contributed by atoms with E-state index in [0.29, 0.717) is 28.1 Å². The van der Waals surface area contributed by atoms with Crippen molar-refractivity contribution in [2.24, 2.45) is 0 Å². The van der Waals surface area contributed by atoms with Crippen molar-refractivity contribution in [1.29, 1.82) is 5.41 Å². The van der Waals surface area contributed by atoms with E-state index in [4.69, 9.17) is 10.1 Å². The van der Waals surface area contributed by atoms with Gasteiger partial charge in [-0.05, 0) is 32.0 Å². The van der Waals surface area contributed by atoms with Crippen LogP contribution in [-0.4, -0.2) is 29.4 Å². The number of methoxy groups -OCH3 is 1. The van der Waals surface area contributed by atoms with Crippen molar-refractivity contribution in [2.75, 3.05) is 12.4 Å². The molecule has 0 bridgehead atoms. The molecule has 0 amide bonds. The van der Waals surface area contributed by atoms with Crippen molar-refractivity contribution < 1.29 is 14.6 Å². The monoisotopic (exact) mass is 313 g/mol. The van der Waals surface area contributed by atoms with E-state index >= 15 is 0 Å². The molecule has 0 saturated carbocycles. The van der Waals surface area contributed by atoms with Gasteiger partial charge in [0.05, 0.1) is 30.2 Å². The molecule has 0 aliphatic carbocycles. The van der Waals surface area contributed by atoms with Gasteiger partial charge in [-0.15, -0.1) is 0 Å². The molecule has 0 spiro atoms. The minimum atomic E-state index is -1.01. The van der Waals surface area contributed by atoms with Crippen LogP contribution in [0.25, 0.3) is 0 Å². The summed E-state index contributed by atoms with van der Waals surface area (Å²) in [4.78, 5) is 15.9. The second kappa shape index (κ2) is 6.58. The number of pyridine rings is 1. The SMILES string of the molecule is COC(=O)c1cccc(Nc2cncc(C(C)(C)O)c2)c1C=N. The molecule has 6 nitrogen and oxygen atoms in total. The lowest BCUT2D eigenvalue weighted by molar-refractivity contribution is 0.0600. The fraction of sp³-hybridized carbons (Fsp3) is 0.235. The average molecular weight is 313 g/mol. The summed E-state index contributed by atoms with van der Waals surface area (Å²) in [5.74, 6) is -0.504. The number of carbonyl (C=O) groups excluding carboxylic acids is 1. The number of benzene rings is 1. The zero-order valence-corrected chi connectivity index (χ0v) is 13.3. The van der Waals surface area contributed by atoms with Crippen LogP contribution in [0, 0.1) is 5.41 Å². The topological polar surface area (TPSA) is 95.3 Å². The van der Waals surface area contributed by atoms with Crippen LogP contribution >= 0.6 is 0 Å². The van der Waals surface area contributed by atoms with Gasteiger partial charge in [0, 0.05) is 29.2 Å². The molecule has 120 valence electrons. The number of aromatic nitrogens is 1. The van der Waals surface area contributed by atoms with Crippen LogP contribution in [0.3, 0.4) is 0 Å². The molecule has 0 atom stereocenters. The summed E-state index contributed by atoms with van der Waals surface area (Å²) in [5.41, 5.74) is 1.60. The Morgan fingerprint density at radius 3 is 2.74 bits per heavy atom. The summed E-state index contributed by atoms with van der Waals surface area (Å²) in [6.07, 6.45) is 4.29. The molecule has 1 aromatic heterocycles. The van der Waals surface area contributed by atoms with Gasteiger partial charge in [-0.3, -0.25) is 4.98 Å². The van der Waals surface area contributed by atoms with Crippen LogP contribution in [0.5, 0.6) is 0 Å². The Kier molecular flexibility index (Phi) is 4.76. The number of nitrogens with one attached hydrogen (secondary N) is 2. The molecule has 2 rings (SSSR count). The van der Waals surface area contributed by atoms with Gasteiger partial charge in [-0.1, -0.05) is 6.07 Å². The third-order valence-electron chi connectivity index (χ3n) is 3.38. The van der Waals surface area contributed by atoms with Gasteiger partial charge in [-0.2, -0.15) is 0 Å². The molecule has 0 aliphatic rings. The fourth-order valence-corrected chi connectivity index (χ4v) is 2.12. The van der Waals surface area contributed by atoms with E-state index in [1.165, 1.54) is 7.11 Å². The van der Waals surface area contributed by atoms with E-state index in [0.717, 1.165) is 6.21 Å². The second-order valence-electron chi connectivity index (χ2n) is 5.55. The van der Waals surface area contributed by atoms with Gasteiger partial charge in [-0.25, -0.2) is 4.79 Å². The third kappa shape index (κ3) is 3.73. The molecule has 0 radical (unpaired) electrons. The van der Waals surface area contributed by atoms with Gasteiger partial charge >= 0.3 is 5.97 Å². The standard InChI is InChI=1S/C17H19N3O3/c1-17(2,22)11-7-12(10-19-9-11)20-15-6-4-5-13(14(15)8-18)16(21)23-3/h4-10,18,20,22H,1-3H3. The molecular weight excluding hydrogens is 294 g/mol. The van der Waals surface area contributed by atoms with E-state index in [-0.39, 0.29) is 0 Å². The molecular formula is C17H19N3O3. The van der Waals surface area contributed by atoms with Crippen molar-refractivity contribution in [1.82, 2.24) is 4.98 Å². The van der Waals surface area contributed by atoms with Crippen LogP contribution in [0.4, 0.5) is 11.4 Å². The number of ether oxygens (including phenoxy) is 1. The summed E-state index contributed by atoms with van der Waals surface area (Å²) in [6, 6.07) is 6.83. The van der Waals surface area contributed by atoms with Crippen LogP contribution in [-0.2, 0) is 10.3 Å². The minimum absolute atomic E-state index is 0.305. The maximum absolute atomic E-state index is 11.8. The van der Waals surface area contributed by atoms with E-state index < -0.39 is 11.6 Å². The van der Waals surface area contributed by atoms with Crippen molar-refractivity contribution in [3.63, 3.8) is 0 Å². The lowest BCUT2D eigenvalue weighted by Gasteiger charge is -2.19. The largest absolute Gasteiger partial charge is 0.465 e. The normalized spacial score (nSPS) is 11.0. The first-order valence-electron chi connectivity index (χ1n) is 7.03. The number of nitrogens with zero attached hydrogens (tertiary/aromatic N) is 1. The van der Waals surface area contributed by atoms with Crippen molar-refractivity contribution in [2.45, 2.75) is 19.4 Å². The number of hydrogen-bond acceptors (Lipinski definition) is 6. The van der Waals surface area contributed by atoms with Gasteiger partial charge in [0.2, 0.25) is 0 Å². The molecule has 6 heteroatoms. The van der Waals surface area contributed by atoms with E-state index in [1.54, 1.807) is 50.5 Å². The predicted molar refractivity (Wildman–Crippen MR) is 88.4 cm³/mol. The highest BCUT2D eigenvalue weighted by molar-refractivity contribution is 6.02. The summed E-state index contributed by atoms with van der Waals surface area (Å²) in [6.45, 7) is 3.35. The quantitative estimate of drug-likeness (QED) is 0.583. The van der Waals surface area contributed by atoms with Crippen LogP contribution in [0.2, 0.25) is 0 Å². The van der Waals surface area contributed by atoms with Gasteiger partial charge in [0.15, 0.2) is 0 Å². The van der Waals surface area contributed by atoms with Gasteiger partial charge < -0.3 is 20.6 Å². The Balaban J connectivity index is 2.41. The number of esters is 1. The minimum Gasteiger partial charge on any atom is -0.465 e. The van der Waals surface area contributed by atoms with E-state index in [9.17, 15) is 9.90 Å². The predicted octanol–water partition coefficient (Wildman–Crippen LogP) is 2.84. The highest BCUT2D eigenvalue weighted by atomic mass is 16.5. The van der Waals surface area contributed by atoms with Crippen molar-refractivity contribution in [3.05, 3.63) is 53.3 Å². The highest BCUT2D eigenvalue weighted by Crippen LogP contribution is 2.26. The molecule has 0 fully saturated rings. The molecule has 1 heterocycles. The molecule has 0 saturated heterocycles. The summed E-state index contributed by atoms with van der Waals surface area (Å²) in [5, 5.41) is 20.8. The molecule has 2 aromatic rings. The van der Waals surface area contributed by atoms with Gasteiger partial charge in [0.1, 0.15) is 0 Å². The zero-order valence-electron chi connectivity index (χ0n) is 13.3. The van der Waals surface area contributed by atoms with Crippen molar-refractivity contribution >= 4 is 23.6 Å². The van der Waals surface area contributed by atoms with Crippen LogP contribution in [0.15, 0.2) is 36.7 Å². The number of rotatable bonds is 5. The molecule has 1 aromatic carbocycles. The fourth-order valence-electron chi connectivity index (χ4n) is 2.12. The lowest BCUT2D eigenvalue weighted by Crippen LogP contribution is -2.16. The molecule has 3 N–H and O–H groups in total. The number of anilines is 2. The third-order valence-corrected chi connectivity index (χ3v) is 3.38. The molecule has 0 unspecified atom stereocenters. The average Bonchev–Trinajstić information content (AvgIpc) is 2.53. The Bertz CT molecular complexity index is 736. The maximum atomic E-state index is 11.8. The smallest absolute Gasteiger partial charge is 0.338 e.